The first-order valence-corrected chi connectivity index (χ1v) is 4.66. The fourth-order valence-corrected chi connectivity index (χ4v) is 2.22. The summed E-state index contributed by atoms with van der Waals surface area (Å²) in [5.74, 6) is 0. The number of hydrogen-bond acceptors (Lipinski definition) is 0. The Labute approximate surface area is 86.9 Å². The topological polar surface area (TPSA) is 0 Å². The molecule has 1 rings (SSSR count). The number of alkyl halides is 1. The van der Waals surface area contributed by atoms with Gasteiger partial charge in [-0.2, -0.15) is 0 Å². The first kappa shape index (κ1) is 9.21. The van der Waals surface area contributed by atoms with Gasteiger partial charge in [0.1, 0.15) is 5.38 Å². The number of allylic oxidation sites excluding steroid dienone is 4. The van der Waals surface area contributed by atoms with E-state index < -0.39 is 5.38 Å². The zero-order valence-electron chi connectivity index (χ0n) is 4.47. The Hall–Kier alpha value is 1.12. The molecule has 0 bridgehead atoms. The molecule has 0 aliphatic heterocycles. The van der Waals surface area contributed by atoms with Crippen molar-refractivity contribution in [3.8, 4) is 0 Å². The molecule has 0 saturated carbocycles. The minimum absolute atomic E-state index is 0.329. The van der Waals surface area contributed by atoms with Gasteiger partial charge < -0.3 is 0 Å². The van der Waals surface area contributed by atoms with Crippen molar-refractivity contribution in [2.45, 2.75) is 5.38 Å². The first-order chi connectivity index (χ1) is 4.55. The van der Waals surface area contributed by atoms with Gasteiger partial charge in [0.15, 0.2) is 0 Å². The largest absolute Gasteiger partial charge is 0.111 e. The van der Waals surface area contributed by atoms with Gasteiger partial charge in [0, 0.05) is 4.48 Å². The molecule has 0 aromatic heterocycles. The van der Waals surface area contributed by atoms with Crippen LogP contribution >= 0.6 is 62.3 Å². The van der Waals surface area contributed by atoms with E-state index >= 15 is 0 Å². The highest BCUT2D eigenvalue weighted by Gasteiger charge is 2.28. The van der Waals surface area contributed by atoms with Gasteiger partial charge in [0.25, 0.3) is 0 Å². The number of hydrogen-bond donors (Lipinski definition) is 0. The van der Waals surface area contributed by atoms with E-state index in [9.17, 15) is 0 Å². The third-order valence-corrected chi connectivity index (χ3v) is 4.34. The van der Waals surface area contributed by atoms with E-state index in [-0.39, 0.29) is 0 Å². The van der Waals surface area contributed by atoms with Crippen LogP contribution in [0.25, 0.3) is 0 Å². The molecule has 0 fully saturated rings. The monoisotopic (exact) mass is 280 g/mol. The van der Waals surface area contributed by atoms with E-state index in [1.54, 1.807) is 0 Å². The van der Waals surface area contributed by atoms with Crippen molar-refractivity contribution in [2.24, 2.45) is 0 Å². The summed E-state index contributed by atoms with van der Waals surface area (Å²) >= 11 is 25.9. The lowest BCUT2D eigenvalue weighted by Gasteiger charge is -1.97. The van der Waals surface area contributed by atoms with Gasteiger partial charge in [-0.15, -0.1) is 11.6 Å². The summed E-state index contributed by atoms with van der Waals surface area (Å²) in [4.78, 5) is 0. The third kappa shape index (κ3) is 1.35. The number of rotatable bonds is 0. The highest BCUT2D eigenvalue weighted by atomic mass is 79.9. The summed E-state index contributed by atoms with van der Waals surface area (Å²) in [6.45, 7) is 0. The molecule has 0 aromatic carbocycles. The summed E-state index contributed by atoms with van der Waals surface area (Å²) in [7, 11) is 0. The fraction of sp³-hybridized carbons (Fsp3) is 0.200. The van der Waals surface area contributed by atoms with Gasteiger partial charge in [-0.25, -0.2) is 0 Å². The number of halogens is 5. The van der Waals surface area contributed by atoms with Crippen molar-refractivity contribution in [1.29, 1.82) is 0 Å². The summed E-state index contributed by atoms with van der Waals surface area (Å²) in [6, 6.07) is 0. The summed E-state index contributed by atoms with van der Waals surface area (Å²) < 4.78 is 0.630. The predicted octanol–water partition coefficient (Wildman–Crippen LogP) is 4.14. The zero-order valence-corrected chi connectivity index (χ0v) is 9.08. The van der Waals surface area contributed by atoms with Crippen LogP contribution < -0.4 is 0 Å². The summed E-state index contributed by atoms with van der Waals surface area (Å²) in [5.41, 5.74) is 0. The van der Waals surface area contributed by atoms with E-state index in [1.807, 2.05) is 0 Å². The molecule has 1 atom stereocenters. The van der Waals surface area contributed by atoms with Crippen LogP contribution in [-0.4, -0.2) is 5.38 Å². The van der Waals surface area contributed by atoms with Crippen molar-refractivity contribution >= 4 is 62.3 Å². The zero-order chi connectivity index (χ0) is 7.89. The Balaban J connectivity index is 3.09. The van der Waals surface area contributed by atoms with E-state index in [0.29, 0.717) is 19.6 Å². The maximum atomic E-state index is 5.74. The molecule has 1 aliphatic rings. The summed E-state index contributed by atoms with van der Waals surface area (Å²) in [5, 5.41) is 0.684. The van der Waals surface area contributed by atoms with E-state index in [0.717, 1.165) is 0 Å². The van der Waals surface area contributed by atoms with Crippen LogP contribution in [-0.2, 0) is 0 Å². The minimum Gasteiger partial charge on any atom is -0.111 e. The van der Waals surface area contributed by atoms with E-state index in [1.165, 1.54) is 0 Å². The molecule has 5 heteroatoms. The molecule has 0 amide bonds. The molecule has 1 unspecified atom stereocenters. The van der Waals surface area contributed by atoms with Crippen LogP contribution in [0.5, 0.6) is 0 Å². The molecule has 56 valence electrons. The predicted molar refractivity (Wildman–Crippen MR) is 50.2 cm³/mol. The molecule has 0 nitrogen and oxygen atoms in total. The molecular formula is C5HBrCl4. The molecule has 1 aliphatic carbocycles. The Morgan fingerprint density at radius 1 is 1.10 bits per heavy atom. The third-order valence-electron chi connectivity index (χ3n) is 1.06. The molecule has 0 heterocycles. The highest BCUT2D eigenvalue weighted by molar-refractivity contribution is 9.11. The van der Waals surface area contributed by atoms with Gasteiger partial charge in [0.2, 0.25) is 0 Å². The molecule has 0 spiro atoms. The average Bonchev–Trinajstić information content (AvgIpc) is 2.07. The van der Waals surface area contributed by atoms with E-state index in [2.05, 4.69) is 15.9 Å². The lowest BCUT2D eigenvalue weighted by Crippen LogP contribution is -1.91. The van der Waals surface area contributed by atoms with Crippen molar-refractivity contribution in [3.05, 3.63) is 19.6 Å². The maximum absolute atomic E-state index is 5.74. The van der Waals surface area contributed by atoms with Gasteiger partial charge in [-0.05, 0) is 0 Å². The lowest BCUT2D eigenvalue weighted by atomic mass is 10.5. The molecule has 0 N–H and O–H groups in total. The normalized spacial score (nSPS) is 26.7. The van der Waals surface area contributed by atoms with Crippen molar-refractivity contribution in [3.63, 3.8) is 0 Å². The van der Waals surface area contributed by atoms with Crippen LogP contribution in [0, 0.1) is 0 Å². The molecule has 10 heavy (non-hydrogen) atoms. The highest BCUT2D eigenvalue weighted by Crippen LogP contribution is 2.44. The quantitative estimate of drug-likeness (QED) is 0.586. The Morgan fingerprint density at radius 2 is 1.60 bits per heavy atom. The Bertz CT molecular complexity index is 206. The second-order valence-electron chi connectivity index (χ2n) is 1.69. The Morgan fingerprint density at radius 3 is 1.70 bits per heavy atom. The molecule has 0 radical (unpaired) electrons. The van der Waals surface area contributed by atoms with Crippen molar-refractivity contribution in [2.75, 3.05) is 0 Å². The van der Waals surface area contributed by atoms with Crippen LogP contribution in [0.3, 0.4) is 0 Å². The second-order valence-corrected chi connectivity index (χ2v) is 4.14. The fourth-order valence-electron chi connectivity index (χ4n) is 0.543. The van der Waals surface area contributed by atoms with Crippen LogP contribution in [0.1, 0.15) is 0 Å². The van der Waals surface area contributed by atoms with Crippen LogP contribution in [0.2, 0.25) is 0 Å². The second kappa shape index (κ2) is 3.24. The molecular weight excluding hydrogens is 282 g/mol. The van der Waals surface area contributed by atoms with E-state index in [4.69, 9.17) is 46.4 Å². The minimum atomic E-state index is -0.415. The average molecular weight is 283 g/mol. The maximum Gasteiger partial charge on any atom is 0.104 e. The van der Waals surface area contributed by atoms with Crippen molar-refractivity contribution < 1.29 is 0 Å². The van der Waals surface area contributed by atoms with Crippen molar-refractivity contribution in [1.82, 2.24) is 0 Å². The van der Waals surface area contributed by atoms with Gasteiger partial charge in [-0.1, -0.05) is 50.7 Å². The first-order valence-electron chi connectivity index (χ1n) is 2.30. The standard InChI is InChI=1S/C5HBrCl4/c6-1-2(7)4(9)5(10)3(1)8/h2H. The summed E-state index contributed by atoms with van der Waals surface area (Å²) in [6.07, 6.45) is 0. The van der Waals surface area contributed by atoms with Gasteiger partial charge in [0.05, 0.1) is 15.1 Å². The smallest absolute Gasteiger partial charge is 0.104 e. The molecule has 0 aromatic rings. The SMILES string of the molecule is ClC1=C(Cl)C(Cl)C(Br)=C1Cl. The van der Waals surface area contributed by atoms with Crippen LogP contribution in [0.4, 0.5) is 0 Å². The molecule has 0 saturated heterocycles. The Kier molecular flexibility index (Phi) is 2.98. The lowest BCUT2D eigenvalue weighted by molar-refractivity contribution is 1.38. The van der Waals surface area contributed by atoms with Gasteiger partial charge in [-0.3, -0.25) is 0 Å². The van der Waals surface area contributed by atoms with Crippen LogP contribution in [0.15, 0.2) is 19.6 Å². The van der Waals surface area contributed by atoms with Gasteiger partial charge >= 0.3 is 0 Å².